The highest BCUT2D eigenvalue weighted by Crippen LogP contribution is 2.25. The van der Waals surface area contributed by atoms with Gasteiger partial charge in [-0.1, -0.05) is 71.7 Å². The highest BCUT2D eigenvalue weighted by atomic mass is 35.5. The molecule has 0 saturated heterocycles. The highest BCUT2D eigenvalue weighted by molar-refractivity contribution is 6.33. The standard InChI is InChI=1S/C23H16Cl2FN3O/c24-19-7-4-8-21(26)18(19)13-29-14-20(25)22(28-29)27-23(30)17-11-9-16(10-12-17)15-5-2-1-3-6-15/h1-12,14H,13H2,(H,27,28,30). The van der Waals surface area contributed by atoms with E-state index in [1.807, 2.05) is 42.5 Å². The molecular weight excluding hydrogens is 424 g/mol. The van der Waals surface area contributed by atoms with Gasteiger partial charge in [0.15, 0.2) is 5.82 Å². The monoisotopic (exact) mass is 439 g/mol. The van der Waals surface area contributed by atoms with Crippen molar-refractivity contribution >= 4 is 34.9 Å². The Bertz CT molecular complexity index is 1170. The zero-order valence-corrected chi connectivity index (χ0v) is 17.2. The van der Waals surface area contributed by atoms with Gasteiger partial charge in [0.2, 0.25) is 0 Å². The van der Waals surface area contributed by atoms with Crippen molar-refractivity contribution in [1.82, 2.24) is 9.78 Å². The summed E-state index contributed by atoms with van der Waals surface area (Å²) in [6, 6.07) is 21.6. The second kappa shape index (κ2) is 8.69. The van der Waals surface area contributed by atoms with E-state index in [1.54, 1.807) is 18.2 Å². The molecule has 1 amide bonds. The zero-order chi connectivity index (χ0) is 21.1. The Balaban J connectivity index is 1.49. The van der Waals surface area contributed by atoms with Crippen molar-refractivity contribution in [2.24, 2.45) is 0 Å². The van der Waals surface area contributed by atoms with Crippen LogP contribution in [0.5, 0.6) is 0 Å². The fraction of sp³-hybridized carbons (Fsp3) is 0.0435. The third-order valence-electron chi connectivity index (χ3n) is 4.58. The number of halogens is 3. The highest BCUT2D eigenvalue weighted by Gasteiger charge is 2.15. The Labute approximate surface area is 182 Å². The van der Waals surface area contributed by atoms with Gasteiger partial charge in [-0.3, -0.25) is 9.48 Å². The molecule has 0 aliphatic rings. The molecule has 0 spiro atoms. The van der Waals surface area contributed by atoms with Gasteiger partial charge in [0.1, 0.15) is 10.8 Å². The van der Waals surface area contributed by atoms with Crippen LogP contribution in [0.1, 0.15) is 15.9 Å². The maximum Gasteiger partial charge on any atom is 0.256 e. The number of anilines is 1. The van der Waals surface area contributed by atoms with Crippen molar-refractivity contribution in [3.8, 4) is 11.1 Å². The molecule has 0 aliphatic heterocycles. The summed E-state index contributed by atoms with van der Waals surface area (Å²) >= 11 is 12.3. The molecule has 1 heterocycles. The van der Waals surface area contributed by atoms with Gasteiger partial charge in [-0.2, -0.15) is 5.10 Å². The van der Waals surface area contributed by atoms with Crippen LogP contribution in [0, 0.1) is 5.82 Å². The molecule has 0 unspecified atom stereocenters. The van der Waals surface area contributed by atoms with Gasteiger partial charge in [0.25, 0.3) is 5.91 Å². The van der Waals surface area contributed by atoms with Crippen LogP contribution in [0.2, 0.25) is 10.0 Å². The van der Waals surface area contributed by atoms with E-state index in [1.165, 1.54) is 23.0 Å². The van der Waals surface area contributed by atoms with Crippen molar-refractivity contribution in [2.75, 3.05) is 5.32 Å². The molecule has 3 aromatic carbocycles. The topological polar surface area (TPSA) is 46.9 Å². The van der Waals surface area contributed by atoms with Crippen LogP contribution < -0.4 is 5.32 Å². The van der Waals surface area contributed by atoms with E-state index >= 15 is 0 Å². The Hall–Kier alpha value is -3.15. The van der Waals surface area contributed by atoms with Crippen molar-refractivity contribution in [2.45, 2.75) is 6.54 Å². The summed E-state index contributed by atoms with van der Waals surface area (Å²) in [5.74, 6) is -0.579. The summed E-state index contributed by atoms with van der Waals surface area (Å²) in [4.78, 5) is 12.6. The van der Waals surface area contributed by atoms with E-state index in [0.717, 1.165) is 11.1 Å². The lowest BCUT2D eigenvalue weighted by atomic mass is 10.0. The molecule has 30 heavy (non-hydrogen) atoms. The third kappa shape index (κ3) is 4.37. The number of aromatic nitrogens is 2. The van der Waals surface area contributed by atoms with Crippen LogP contribution in [-0.4, -0.2) is 15.7 Å². The Morgan fingerprint density at radius 2 is 1.60 bits per heavy atom. The van der Waals surface area contributed by atoms with Gasteiger partial charge in [0, 0.05) is 22.3 Å². The normalized spacial score (nSPS) is 10.8. The lowest BCUT2D eigenvalue weighted by molar-refractivity contribution is 0.102. The molecule has 0 atom stereocenters. The van der Waals surface area contributed by atoms with Gasteiger partial charge in [-0.05, 0) is 35.4 Å². The van der Waals surface area contributed by atoms with Crippen LogP contribution >= 0.6 is 23.2 Å². The number of hydrogen-bond donors (Lipinski definition) is 1. The first-order chi connectivity index (χ1) is 14.5. The Morgan fingerprint density at radius 3 is 2.30 bits per heavy atom. The minimum absolute atomic E-state index is 0.0901. The molecule has 0 saturated carbocycles. The molecule has 150 valence electrons. The van der Waals surface area contributed by atoms with E-state index in [9.17, 15) is 9.18 Å². The number of benzene rings is 3. The minimum Gasteiger partial charge on any atom is -0.304 e. The molecular formula is C23H16Cl2FN3O. The second-order valence-corrected chi connectivity index (χ2v) is 7.44. The van der Waals surface area contributed by atoms with Crippen molar-refractivity contribution in [3.63, 3.8) is 0 Å². The van der Waals surface area contributed by atoms with E-state index in [2.05, 4.69) is 10.4 Å². The quantitative estimate of drug-likeness (QED) is 0.396. The first-order valence-electron chi connectivity index (χ1n) is 9.14. The van der Waals surface area contributed by atoms with Gasteiger partial charge in [-0.25, -0.2) is 4.39 Å². The number of nitrogens with one attached hydrogen (secondary N) is 1. The van der Waals surface area contributed by atoms with Crippen LogP contribution in [0.3, 0.4) is 0 Å². The van der Waals surface area contributed by atoms with Crippen molar-refractivity contribution in [1.29, 1.82) is 0 Å². The summed E-state index contributed by atoms with van der Waals surface area (Å²) < 4.78 is 15.4. The number of carbonyl (C=O) groups excluding carboxylic acids is 1. The number of rotatable bonds is 5. The molecule has 0 radical (unpaired) electrons. The van der Waals surface area contributed by atoms with Gasteiger partial charge in [-0.15, -0.1) is 0 Å². The van der Waals surface area contributed by atoms with E-state index in [4.69, 9.17) is 23.2 Å². The lowest BCUT2D eigenvalue weighted by Crippen LogP contribution is -2.13. The van der Waals surface area contributed by atoms with E-state index in [-0.39, 0.29) is 23.3 Å². The summed E-state index contributed by atoms with van der Waals surface area (Å²) in [7, 11) is 0. The largest absolute Gasteiger partial charge is 0.304 e. The minimum atomic E-state index is -0.432. The van der Waals surface area contributed by atoms with Gasteiger partial charge >= 0.3 is 0 Å². The maximum absolute atomic E-state index is 14.0. The fourth-order valence-electron chi connectivity index (χ4n) is 3.03. The molecule has 4 nitrogen and oxygen atoms in total. The van der Waals surface area contributed by atoms with Crippen molar-refractivity contribution in [3.05, 3.63) is 106 Å². The summed E-state index contributed by atoms with van der Waals surface area (Å²) in [5, 5.41) is 7.48. The predicted octanol–water partition coefficient (Wildman–Crippen LogP) is 6.30. The number of nitrogens with zero attached hydrogens (tertiary/aromatic N) is 2. The molecule has 1 aromatic heterocycles. The van der Waals surface area contributed by atoms with Crippen molar-refractivity contribution < 1.29 is 9.18 Å². The number of hydrogen-bond acceptors (Lipinski definition) is 2. The van der Waals surface area contributed by atoms with Crippen LogP contribution in [0.15, 0.2) is 79.0 Å². The summed E-state index contributed by atoms with van der Waals surface area (Å²) in [6.45, 7) is 0.0901. The van der Waals surface area contributed by atoms with Crippen LogP contribution in [0.4, 0.5) is 10.2 Å². The van der Waals surface area contributed by atoms with Gasteiger partial charge < -0.3 is 5.32 Å². The Kier molecular flexibility index (Phi) is 5.84. The number of amides is 1. The number of carbonyl (C=O) groups is 1. The maximum atomic E-state index is 14.0. The summed E-state index contributed by atoms with van der Waals surface area (Å²) in [6.07, 6.45) is 1.51. The van der Waals surface area contributed by atoms with Crippen LogP contribution in [0.25, 0.3) is 11.1 Å². The predicted molar refractivity (Wildman–Crippen MR) is 118 cm³/mol. The molecule has 1 N–H and O–H groups in total. The molecule has 4 rings (SSSR count). The average molecular weight is 440 g/mol. The van der Waals surface area contributed by atoms with Crippen LogP contribution in [-0.2, 0) is 6.54 Å². The average Bonchev–Trinajstić information content (AvgIpc) is 3.10. The van der Waals surface area contributed by atoms with E-state index < -0.39 is 5.82 Å². The Morgan fingerprint density at radius 1 is 0.900 bits per heavy atom. The fourth-order valence-corrected chi connectivity index (χ4v) is 3.45. The smallest absolute Gasteiger partial charge is 0.256 e. The molecule has 4 aromatic rings. The SMILES string of the molecule is O=C(Nc1nn(Cc2c(F)cccc2Cl)cc1Cl)c1ccc(-c2ccccc2)cc1. The molecule has 0 fully saturated rings. The molecule has 7 heteroatoms. The molecule has 0 bridgehead atoms. The molecule has 0 aliphatic carbocycles. The van der Waals surface area contributed by atoms with E-state index in [0.29, 0.717) is 16.1 Å². The second-order valence-electron chi connectivity index (χ2n) is 6.62. The zero-order valence-electron chi connectivity index (χ0n) is 15.6. The third-order valence-corrected chi connectivity index (χ3v) is 5.22. The van der Waals surface area contributed by atoms with Gasteiger partial charge in [0.05, 0.1) is 6.54 Å². The lowest BCUT2D eigenvalue weighted by Gasteiger charge is -2.06. The first-order valence-corrected chi connectivity index (χ1v) is 9.89. The summed E-state index contributed by atoms with van der Waals surface area (Å²) in [5.41, 5.74) is 2.85. The first kappa shape index (κ1) is 20.1.